The SMILES string of the molecule is COc1ccc(C)cc1C1=CC(=O)OC1. The van der Waals surface area contributed by atoms with Crippen LogP contribution in [0.15, 0.2) is 24.3 Å². The van der Waals surface area contributed by atoms with Crippen LogP contribution in [0.25, 0.3) is 5.57 Å². The van der Waals surface area contributed by atoms with E-state index in [4.69, 9.17) is 9.47 Å². The summed E-state index contributed by atoms with van der Waals surface area (Å²) in [4.78, 5) is 11.0. The van der Waals surface area contributed by atoms with Crippen molar-refractivity contribution >= 4 is 11.5 Å². The molecule has 1 aromatic carbocycles. The van der Waals surface area contributed by atoms with E-state index in [0.717, 1.165) is 22.4 Å². The van der Waals surface area contributed by atoms with Crippen molar-refractivity contribution in [1.82, 2.24) is 0 Å². The predicted molar refractivity (Wildman–Crippen MR) is 56.7 cm³/mol. The number of aryl methyl sites for hydroxylation is 1. The second-order valence-corrected chi connectivity index (χ2v) is 3.48. The van der Waals surface area contributed by atoms with Gasteiger partial charge in [0.15, 0.2) is 0 Å². The van der Waals surface area contributed by atoms with Crippen LogP contribution in [0, 0.1) is 6.92 Å². The molecular weight excluding hydrogens is 192 g/mol. The first-order valence-corrected chi connectivity index (χ1v) is 4.73. The lowest BCUT2D eigenvalue weighted by molar-refractivity contribution is -0.134. The highest BCUT2D eigenvalue weighted by Crippen LogP contribution is 2.29. The van der Waals surface area contributed by atoms with Crippen molar-refractivity contribution in [2.45, 2.75) is 6.92 Å². The number of hydrogen-bond acceptors (Lipinski definition) is 3. The van der Waals surface area contributed by atoms with Crippen LogP contribution in [0.5, 0.6) is 5.75 Å². The molecule has 0 amide bonds. The van der Waals surface area contributed by atoms with Gasteiger partial charge in [-0.15, -0.1) is 0 Å². The van der Waals surface area contributed by atoms with E-state index in [1.165, 1.54) is 6.08 Å². The third-order valence-electron chi connectivity index (χ3n) is 2.36. The molecule has 0 saturated heterocycles. The minimum atomic E-state index is -0.284. The highest BCUT2D eigenvalue weighted by atomic mass is 16.5. The van der Waals surface area contributed by atoms with Gasteiger partial charge in [0, 0.05) is 17.2 Å². The van der Waals surface area contributed by atoms with Crippen LogP contribution in [0.3, 0.4) is 0 Å². The van der Waals surface area contributed by atoms with Gasteiger partial charge in [-0.2, -0.15) is 0 Å². The molecule has 1 aliphatic heterocycles. The zero-order valence-corrected chi connectivity index (χ0v) is 8.74. The maximum Gasteiger partial charge on any atom is 0.331 e. The Labute approximate surface area is 88.3 Å². The van der Waals surface area contributed by atoms with E-state index in [2.05, 4.69) is 0 Å². The van der Waals surface area contributed by atoms with Gasteiger partial charge in [0.1, 0.15) is 12.4 Å². The van der Waals surface area contributed by atoms with E-state index in [9.17, 15) is 4.79 Å². The largest absolute Gasteiger partial charge is 0.496 e. The van der Waals surface area contributed by atoms with Crippen LogP contribution in [0.2, 0.25) is 0 Å². The fourth-order valence-electron chi connectivity index (χ4n) is 1.60. The van der Waals surface area contributed by atoms with Gasteiger partial charge in [0.05, 0.1) is 7.11 Å². The zero-order valence-electron chi connectivity index (χ0n) is 8.74. The Morgan fingerprint density at radius 3 is 2.80 bits per heavy atom. The number of carbonyl (C=O) groups is 1. The van der Waals surface area contributed by atoms with Crippen molar-refractivity contribution in [2.24, 2.45) is 0 Å². The summed E-state index contributed by atoms with van der Waals surface area (Å²) >= 11 is 0. The van der Waals surface area contributed by atoms with Crippen molar-refractivity contribution < 1.29 is 14.3 Å². The highest BCUT2D eigenvalue weighted by molar-refractivity contribution is 5.96. The lowest BCUT2D eigenvalue weighted by atomic mass is 10.0. The highest BCUT2D eigenvalue weighted by Gasteiger charge is 2.17. The van der Waals surface area contributed by atoms with Crippen LogP contribution in [-0.4, -0.2) is 19.7 Å². The van der Waals surface area contributed by atoms with Crippen LogP contribution < -0.4 is 4.74 Å². The van der Waals surface area contributed by atoms with E-state index in [1.54, 1.807) is 7.11 Å². The Morgan fingerprint density at radius 1 is 1.40 bits per heavy atom. The number of ether oxygens (including phenoxy) is 2. The van der Waals surface area contributed by atoms with Crippen molar-refractivity contribution in [3.63, 3.8) is 0 Å². The quantitative estimate of drug-likeness (QED) is 0.691. The van der Waals surface area contributed by atoms with Crippen molar-refractivity contribution in [3.8, 4) is 5.75 Å². The van der Waals surface area contributed by atoms with Gasteiger partial charge in [-0.1, -0.05) is 11.6 Å². The number of esters is 1. The Kier molecular flexibility index (Phi) is 2.46. The minimum Gasteiger partial charge on any atom is -0.496 e. The third kappa shape index (κ3) is 1.86. The summed E-state index contributed by atoms with van der Waals surface area (Å²) in [7, 11) is 1.62. The molecule has 0 unspecified atom stereocenters. The van der Waals surface area contributed by atoms with Crippen LogP contribution in [0.1, 0.15) is 11.1 Å². The Morgan fingerprint density at radius 2 is 2.20 bits per heavy atom. The molecule has 0 fully saturated rings. The molecule has 1 aliphatic rings. The van der Waals surface area contributed by atoms with Crippen LogP contribution in [0.4, 0.5) is 0 Å². The van der Waals surface area contributed by atoms with Gasteiger partial charge in [-0.25, -0.2) is 4.79 Å². The fraction of sp³-hybridized carbons (Fsp3) is 0.250. The van der Waals surface area contributed by atoms with Gasteiger partial charge >= 0.3 is 5.97 Å². The average molecular weight is 204 g/mol. The molecule has 3 nitrogen and oxygen atoms in total. The molecule has 1 heterocycles. The van der Waals surface area contributed by atoms with E-state index in [0.29, 0.717) is 6.61 Å². The number of cyclic esters (lactones) is 1. The van der Waals surface area contributed by atoms with Gasteiger partial charge in [0.25, 0.3) is 0 Å². The third-order valence-corrected chi connectivity index (χ3v) is 2.36. The van der Waals surface area contributed by atoms with E-state index < -0.39 is 0 Å². The summed E-state index contributed by atoms with van der Waals surface area (Å²) in [5.74, 6) is 0.485. The first-order chi connectivity index (χ1) is 7.20. The molecule has 0 aromatic heterocycles. The monoisotopic (exact) mass is 204 g/mol. The van der Waals surface area contributed by atoms with Gasteiger partial charge in [-0.3, -0.25) is 0 Å². The smallest absolute Gasteiger partial charge is 0.331 e. The van der Waals surface area contributed by atoms with E-state index >= 15 is 0 Å². The second-order valence-electron chi connectivity index (χ2n) is 3.48. The fourth-order valence-corrected chi connectivity index (χ4v) is 1.60. The molecule has 0 bridgehead atoms. The lowest BCUT2D eigenvalue weighted by Gasteiger charge is -2.09. The molecule has 0 atom stereocenters. The van der Waals surface area contributed by atoms with E-state index in [1.807, 2.05) is 25.1 Å². The maximum atomic E-state index is 11.0. The van der Waals surface area contributed by atoms with E-state index in [-0.39, 0.29) is 5.97 Å². The molecule has 0 saturated carbocycles. The maximum absolute atomic E-state index is 11.0. The molecule has 0 N–H and O–H groups in total. The molecule has 2 rings (SSSR count). The van der Waals surface area contributed by atoms with Gasteiger partial charge < -0.3 is 9.47 Å². The Hall–Kier alpha value is -1.77. The summed E-state index contributed by atoms with van der Waals surface area (Å²) in [6.45, 7) is 2.33. The normalized spacial score (nSPS) is 14.8. The number of benzene rings is 1. The summed E-state index contributed by atoms with van der Waals surface area (Å²) in [5, 5.41) is 0. The molecule has 78 valence electrons. The molecule has 0 radical (unpaired) electrons. The molecule has 1 aromatic rings. The molecule has 0 spiro atoms. The summed E-state index contributed by atoms with van der Waals surface area (Å²) in [6.07, 6.45) is 1.51. The molecular formula is C12H12O3. The minimum absolute atomic E-state index is 0.284. The summed E-state index contributed by atoms with van der Waals surface area (Å²) in [6, 6.07) is 5.86. The topological polar surface area (TPSA) is 35.5 Å². The van der Waals surface area contributed by atoms with Crippen LogP contribution >= 0.6 is 0 Å². The average Bonchev–Trinajstić information content (AvgIpc) is 2.65. The second kappa shape index (κ2) is 3.77. The number of methoxy groups -OCH3 is 1. The van der Waals surface area contributed by atoms with Crippen LogP contribution in [-0.2, 0) is 9.53 Å². The van der Waals surface area contributed by atoms with Crippen molar-refractivity contribution in [1.29, 1.82) is 0 Å². The van der Waals surface area contributed by atoms with Crippen molar-refractivity contribution in [2.75, 3.05) is 13.7 Å². The van der Waals surface area contributed by atoms with Gasteiger partial charge in [0.2, 0.25) is 0 Å². The molecule has 0 aliphatic carbocycles. The Bertz CT molecular complexity index is 432. The number of carbonyl (C=O) groups excluding carboxylic acids is 1. The summed E-state index contributed by atoms with van der Waals surface area (Å²) < 4.78 is 10.1. The lowest BCUT2D eigenvalue weighted by Crippen LogP contribution is -1.94. The van der Waals surface area contributed by atoms with Gasteiger partial charge in [-0.05, 0) is 19.1 Å². The van der Waals surface area contributed by atoms with Crippen molar-refractivity contribution in [3.05, 3.63) is 35.4 Å². The standard InChI is InChI=1S/C12H12O3/c1-8-3-4-11(14-2)10(5-8)9-6-12(13)15-7-9/h3-6H,7H2,1-2H3. The first-order valence-electron chi connectivity index (χ1n) is 4.73. The Balaban J connectivity index is 2.46. The molecule has 15 heavy (non-hydrogen) atoms. The number of rotatable bonds is 2. The number of hydrogen-bond donors (Lipinski definition) is 0. The first kappa shape index (κ1) is 9.77. The zero-order chi connectivity index (χ0) is 10.8. The summed E-state index contributed by atoms with van der Waals surface area (Å²) in [5.41, 5.74) is 2.94. The predicted octanol–water partition coefficient (Wildman–Crippen LogP) is 1.94. The molecule has 3 heteroatoms.